The van der Waals surface area contributed by atoms with Crippen LogP contribution in [0.15, 0.2) is 0 Å². The normalized spacial score (nSPS) is 14.6. The Bertz CT molecular complexity index is 400. The third-order valence-electron chi connectivity index (χ3n) is 3.99. The van der Waals surface area contributed by atoms with Crippen molar-refractivity contribution in [2.24, 2.45) is 0 Å². The number of nitrogens with one attached hydrogen (secondary N) is 1. The Hall–Kier alpha value is -0.870. The fourth-order valence-corrected chi connectivity index (χ4v) is 2.27. The van der Waals surface area contributed by atoms with Gasteiger partial charge in [-0.15, -0.1) is 0 Å². The fraction of sp³-hybridized carbons (Fsp3) is 0.800. The van der Waals surface area contributed by atoms with E-state index in [2.05, 4.69) is 49.7 Å². The zero-order valence-corrected chi connectivity index (χ0v) is 13.1. The summed E-state index contributed by atoms with van der Waals surface area (Å²) in [7, 11) is 0. The van der Waals surface area contributed by atoms with E-state index < -0.39 is 0 Å². The molecule has 19 heavy (non-hydrogen) atoms. The lowest BCUT2D eigenvalue weighted by Gasteiger charge is -2.29. The van der Waals surface area contributed by atoms with E-state index >= 15 is 0 Å². The summed E-state index contributed by atoms with van der Waals surface area (Å²) >= 11 is 0. The summed E-state index contributed by atoms with van der Waals surface area (Å²) < 4.78 is 2.09. The lowest BCUT2D eigenvalue weighted by molar-refractivity contribution is 0.162. The number of aliphatic hydroxyl groups excluding tert-OH is 1. The second-order valence-electron chi connectivity index (χ2n) is 5.77. The first kappa shape index (κ1) is 16.2. The molecule has 0 aliphatic rings. The van der Waals surface area contributed by atoms with Crippen molar-refractivity contribution < 1.29 is 5.11 Å². The number of aliphatic hydroxyl groups is 1. The van der Waals surface area contributed by atoms with Crippen molar-refractivity contribution in [1.29, 1.82) is 0 Å². The van der Waals surface area contributed by atoms with Gasteiger partial charge in [0.1, 0.15) is 0 Å². The van der Waals surface area contributed by atoms with Gasteiger partial charge in [-0.05, 0) is 59.1 Å². The maximum atomic E-state index is 9.53. The van der Waals surface area contributed by atoms with Gasteiger partial charge in [0, 0.05) is 17.8 Å². The van der Waals surface area contributed by atoms with Gasteiger partial charge in [-0.2, -0.15) is 5.10 Å². The van der Waals surface area contributed by atoms with Gasteiger partial charge in [-0.1, -0.05) is 6.92 Å². The van der Waals surface area contributed by atoms with Crippen LogP contribution in [0.3, 0.4) is 0 Å². The van der Waals surface area contributed by atoms with Crippen LogP contribution in [0.25, 0.3) is 0 Å². The summed E-state index contributed by atoms with van der Waals surface area (Å²) in [6.45, 7) is 12.6. The Morgan fingerprint density at radius 3 is 2.47 bits per heavy atom. The third-order valence-corrected chi connectivity index (χ3v) is 3.99. The van der Waals surface area contributed by atoms with E-state index in [1.807, 2.05) is 0 Å². The molecule has 0 aromatic carbocycles. The smallest absolute Gasteiger partial charge is 0.0625 e. The molecule has 0 aliphatic carbocycles. The SMILES string of the molecule is CCCNC(C)(CO)CCCn1nc(C)c(C)c1C. The Labute approximate surface area is 117 Å². The van der Waals surface area contributed by atoms with Crippen LogP contribution in [0.5, 0.6) is 0 Å². The topological polar surface area (TPSA) is 50.1 Å². The molecule has 110 valence electrons. The molecule has 0 spiro atoms. The third kappa shape index (κ3) is 4.32. The second-order valence-corrected chi connectivity index (χ2v) is 5.77. The fourth-order valence-electron chi connectivity index (χ4n) is 2.27. The lowest BCUT2D eigenvalue weighted by Crippen LogP contribution is -2.46. The highest BCUT2D eigenvalue weighted by molar-refractivity contribution is 5.21. The van der Waals surface area contributed by atoms with Gasteiger partial charge < -0.3 is 10.4 Å². The van der Waals surface area contributed by atoms with E-state index in [1.165, 1.54) is 11.3 Å². The average molecular weight is 267 g/mol. The molecule has 0 aliphatic heterocycles. The second kappa shape index (κ2) is 7.06. The van der Waals surface area contributed by atoms with E-state index in [4.69, 9.17) is 0 Å². The minimum Gasteiger partial charge on any atom is -0.394 e. The van der Waals surface area contributed by atoms with Crippen LogP contribution in [-0.2, 0) is 6.54 Å². The number of hydrogen-bond donors (Lipinski definition) is 2. The van der Waals surface area contributed by atoms with Gasteiger partial charge in [0.05, 0.1) is 12.3 Å². The van der Waals surface area contributed by atoms with Crippen molar-refractivity contribution in [2.75, 3.05) is 13.2 Å². The molecule has 1 unspecified atom stereocenters. The summed E-state index contributed by atoms with van der Waals surface area (Å²) in [5.41, 5.74) is 3.49. The van der Waals surface area contributed by atoms with Crippen molar-refractivity contribution in [1.82, 2.24) is 15.1 Å². The molecule has 2 N–H and O–H groups in total. The molecule has 0 saturated carbocycles. The number of nitrogens with zero attached hydrogens (tertiary/aromatic N) is 2. The monoisotopic (exact) mass is 267 g/mol. The Morgan fingerprint density at radius 2 is 2.00 bits per heavy atom. The number of rotatable bonds is 8. The first-order valence-electron chi connectivity index (χ1n) is 7.30. The van der Waals surface area contributed by atoms with Crippen LogP contribution in [0, 0.1) is 20.8 Å². The Kier molecular flexibility index (Phi) is 6.01. The first-order valence-corrected chi connectivity index (χ1v) is 7.30. The molecule has 1 heterocycles. The predicted molar refractivity (Wildman–Crippen MR) is 79.5 cm³/mol. The molecule has 1 aromatic heterocycles. The van der Waals surface area contributed by atoms with Gasteiger partial charge in [-0.25, -0.2) is 0 Å². The first-order chi connectivity index (χ1) is 8.93. The quantitative estimate of drug-likeness (QED) is 0.760. The van der Waals surface area contributed by atoms with Crippen LogP contribution < -0.4 is 5.32 Å². The summed E-state index contributed by atoms with van der Waals surface area (Å²) in [5, 5.41) is 17.5. The highest BCUT2D eigenvalue weighted by Gasteiger charge is 2.21. The zero-order chi connectivity index (χ0) is 14.5. The van der Waals surface area contributed by atoms with E-state index in [1.54, 1.807) is 0 Å². The van der Waals surface area contributed by atoms with Crippen LogP contribution in [0.1, 0.15) is 50.1 Å². The van der Waals surface area contributed by atoms with Crippen LogP contribution in [0.4, 0.5) is 0 Å². The molecule has 0 bridgehead atoms. The van der Waals surface area contributed by atoms with Crippen molar-refractivity contribution in [2.45, 2.75) is 66.0 Å². The highest BCUT2D eigenvalue weighted by atomic mass is 16.3. The van der Waals surface area contributed by atoms with E-state index in [-0.39, 0.29) is 12.1 Å². The molecule has 1 atom stereocenters. The number of hydrogen-bond acceptors (Lipinski definition) is 3. The van der Waals surface area contributed by atoms with Gasteiger partial charge in [0.25, 0.3) is 0 Å². The molecule has 4 heteroatoms. The van der Waals surface area contributed by atoms with Crippen molar-refractivity contribution >= 4 is 0 Å². The Balaban J connectivity index is 2.50. The summed E-state index contributed by atoms with van der Waals surface area (Å²) in [6.07, 6.45) is 3.07. The maximum Gasteiger partial charge on any atom is 0.0625 e. The van der Waals surface area contributed by atoms with Crippen LogP contribution in [0.2, 0.25) is 0 Å². The van der Waals surface area contributed by atoms with E-state index in [9.17, 15) is 5.11 Å². The molecule has 1 aromatic rings. The molecular weight excluding hydrogens is 238 g/mol. The van der Waals surface area contributed by atoms with Crippen molar-refractivity contribution in [3.63, 3.8) is 0 Å². The van der Waals surface area contributed by atoms with E-state index in [0.717, 1.165) is 38.0 Å². The minimum absolute atomic E-state index is 0.166. The maximum absolute atomic E-state index is 9.53. The molecular formula is C15H29N3O. The number of aromatic nitrogens is 2. The van der Waals surface area contributed by atoms with E-state index in [0.29, 0.717) is 0 Å². The van der Waals surface area contributed by atoms with Crippen molar-refractivity contribution in [3.8, 4) is 0 Å². The van der Waals surface area contributed by atoms with Crippen LogP contribution >= 0.6 is 0 Å². The number of aryl methyl sites for hydroxylation is 2. The predicted octanol–water partition coefficient (Wildman–Crippen LogP) is 2.34. The molecule has 0 amide bonds. The largest absolute Gasteiger partial charge is 0.394 e. The summed E-state index contributed by atoms with van der Waals surface area (Å²) in [6, 6.07) is 0. The summed E-state index contributed by atoms with van der Waals surface area (Å²) in [4.78, 5) is 0. The average Bonchev–Trinajstić information content (AvgIpc) is 2.64. The highest BCUT2D eigenvalue weighted by Crippen LogP contribution is 2.15. The zero-order valence-electron chi connectivity index (χ0n) is 13.1. The summed E-state index contributed by atoms with van der Waals surface area (Å²) in [5.74, 6) is 0. The van der Waals surface area contributed by atoms with Crippen molar-refractivity contribution in [3.05, 3.63) is 17.0 Å². The molecule has 0 radical (unpaired) electrons. The molecule has 1 rings (SSSR count). The standard InChI is InChI=1S/C15H29N3O/c1-6-9-16-15(5,11-19)8-7-10-18-14(4)12(2)13(3)17-18/h16,19H,6-11H2,1-5H3. The van der Waals surface area contributed by atoms with Crippen LogP contribution in [-0.4, -0.2) is 33.6 Å². The molecule has 4 nitrogen and oxygen atoms in total. The van der Waals surface area contributed by atoms with Gasteiger partial charge >= 0.3 is 0 Å². The minimum atomic E-state index is -0.166. The molecule has 0 saturated heterocycles. The lowest BCUT2D eigenvalue weighted by atomic mass is 9.96. The van der Waals surface area contributed by atoms with Gasteiger partial charge in [0.2, 0.25) is 0 Å². The molecule has 0 fully saturated rings. The van der Waals surface area contributed by atoms with Gasteiger partial charge in [-0.3, -0.25) is 4.68 Å². The van der Waals surface area contributed by atoms with Gasteiger partial charge in [0.15, 0.2) is 0 Å². The Morgan fingerprint density at radius 1 is 1.32 bits per heavy atom.